The Balaban J connectivity index is 2.05. The summed E-state index contributed by atoms with van der Waals surface area (Å²) in [6.45, 7) is 1.86. The Kier molecular flexibility index (Phi) is 3.47. The first-order chi connectivity index (χ1) is 10.6. The fraction of sp³-hybridized carbons (Fsp3) is 0.118. The van der Waals surface area contributed by atoms with Crippen LogP contribution in [0.4, 0.5) is 5.95 Å². The van der Waals surface area contributed by atoms with Gasteiger partial charge in [-0.2, -0.15) is 0 Å². The van der Waals surface area contributed by atoms with Gasteiger partial charge in [0.15, 0.2) is 6.29 Å². The number of phenolic OH excluding ortho intramolecular Hbond substituents is 1. The van der Waals surface area contributed by atoms with Crippen LogP contribution in [0.2, 0.25) is 0 Å². The van der Waals surface area contributed by atoms with Crippen LogP contribution in [0.25, 0.3) is 11.0 Å². The average Bonchev–Trinajstić information content (AvgIpc) is 2.84. The number of aldehydes is 1. The molecule has 1 heterocycles. The van der Waals surface area contributed by atoms with Gasteiger partial charge < -0.3 is 9.67 Å². The van der Waals surface area contributed by atoms with Crippen LogP contribution >= 0.6 is 0 Å². The number of para-hydroxylation sites is 2. The van der Waals surface area contributed by atoms with Crippen LogP contribution in [0.15, 0.2) is 41.4 Å². The molecule has 0 amide bonds. The fourth-order valence-corrected chi connectivity index (χ4v) is 2.40. The summed E-state index contributed by atoms with van der Waals surface area (Å²) in [5.74, 6) is 0.470. The number of aromatic nitrogens is 2. The number of nitrogens with zero attached hydrogens (tertiary/aromatic N) is 3. The number of aryl methyl sites for hydroxylation is 2. The Morgan fingerprint density at radius 1 is 1.23 bits per heavy atom. The molecule has 3 aromatic rings. The van der Waals surface area contributed by atoms with Crippen LogP contribution in [0, 0.1) is 6.92 Å². The van der Waals surface area contributed by atoms with Crippen molar-refractivity contribution in [1.29, 1.82) is 0 Å². The maximum Gasteiger partial charge on any atom is 0.230 e. The number of fused-ring (bicyclic) bond motifs is 1. The van der Waals surface area contributed by atoms with E-state index in [1.54, 1.807) is 12.1 Å². The Bertz CT molecular complexity index is 894. The van der Waals surface area contributed by atoms with E-state index in [-0.39, 0.29) is 11.3 Å². The van der Waals surface area contributed by atoms with Crippen molar-refractivity contribution in [3.8, 4) is 5.75 Å². The van der Waals surface area contributed by atoms with E-state index < -0.39 is 0 Å². The summed E-state index contributed by atoms with van der Waals surface area (Å²) >= 11 is 0. The molecule has 3 rings (SSSR count). The van der Waals surface area contributed by atoms with E-state index >= 15 is 0 Å². The van der Waals surface area contributed by atoms with E-state index in [1.807, 2.05) is 42.8 Å². The molecule has 110 valence electrons. The Labute approximate surface area is 127 Å². The molecule has 0 radical (unpaired) electrons. The molecule has 0 spiro atoms. The third-order valence-corrected chi connectivity index (χ3v) is 3.52. The van der Waals surface area contributed by atoms with Crippen LogP contribution in [0.1, 0.15) is 21.5 Å². The van der Waals surface area contributed by atoms with Gasteiger partial charge in [-0.3, -0.25) is 4.79 Å². The van der Waals surface area contributed by atoms with Crippen molar-refractivity contribution in [3.05, 3.63) is 53.1 Å². The monoisotopic (exact) mass is 293 g/mol. The summed E-state index contributed by atoms with van der Waals surface area (Å²) in [5.41, 5.74) is 3.47. The summed E-state index contributed by atoms with van der Waals surface area (Å²) in [6.07, 6.45) is 2.16. The molecule has 5 nitrogen and oxygen atoms in total. The number of carbonyl (C=O) groups is 1. The zero-order chi connectivity index (χ0) is 15.7. The summed E-state index contributed by atoms with van der Waals surface area (Å²) < 4.78 is 1.87. The third kappa shape index (κ3) is 2.37. The second-order valence-electron chi connectivity index (χ2n) is 5.13. The van der Waals surface area contributed by atoms with Crippen LogP contribution in [0.5, 0.6) is 5.75 Å². The van der Waals surface area contributed by atoms with Crippen LogP contribution in [-0.4, -0.2) is 27.2 Å². The van der Waals surface area contributed by atoms with Crippen molar-refractivity contribution in [3.63, 3.8) is 0 Å². The minimum atomic E-state index is -0.0666. The minimum Gasteiger partial charge on any atom is -0.507 e. The van der Waals surface area contributed by atoms with Crippen molar-refractivity contribution in [2.45, 2.75) is 6.92 Å². The van der Waals surface area contributed by atoms with Crippen molar-refractivity contribution in [2.24, 2.45) is 12.0 Å². The van der Waals surface area contributed by atoms with Gasteiger partial charge in [0.2, 0.25) is 5.95 Å². The average molecular weight is 293 g/mol. The number of hydrogen-bond acceptors (Lipinski definition) is 4. The van der Waals surface area contributed by atoms with Gasteiger partial charge >= 0.3 is 0 Å². The van der Waals surface area contributed by atoms with Gasteiger partial charge in [-0.05, 0) is 36.8 Å². The van der Waals surface area contributed by atoms with Crippen molar-refractivity contribution < 1.29 is 9.90 Å². The largest absolute Gasteiger partial charge is 0.507 e. The highest BCUT2D eigenvalue weighted by Gasteiger charge is 2.08. The molecule has 0 fully saturated rings. The minimum absolute atomic E-state index is 0.0666. The highest BCUT2D eigenvalue weighted by atomic mass is 16.3. The SMILES string of the molecule is Cc1cc(C=O)c(O)c(C=Nc2nc3ccccc3n2C)c1. The lowest BCUT2D eigenvalue weighted by Crippen LogP contribution is -1.92. The number of aromatic hydroxyl groups is 1. The zero-order valence-corrected chi connectivity index (χ0v) is 12.3. The molecule has 1 N–H and O–H groups in total. The first kappa shape index (κ1) is 14.0. The van der Waals surface area contributed by atoms with Gasteiger partial charge in [-0.15, -0.1) is 0 Å². The van der Waals surface area contributed by atoms with Crippen molar-refractivity contribution >= 4 is 29.5 Å². The first-order valence-corrected chi connectivity index (χ1v) is 6.84. The summed E-state index contributed by atoms with van der Waals surface area (Å²) in [5, 5.41) is 10.1. The maximum absolute atomic E-state index is 11.0. The topological polar surface area (TPSA) is 67.5 Å². The van der Waals surface area contributed by atoms with E-state index in [9.17, 15) is 9.90 Å². The predicted molar refractivity (Wildman–Crippen MR) is 86.2 cm³/mol. The standard InChI is InChI=1S/C17H15N3O2/c1-11-7-12(16(22)13(8-11)10-21)9-18-17-19-14-5-3-4-6-15(14)20(17)2/h3-10,22H,1-2H3. The molecule has 0 saturated carbocycles. The molecular weight excluding hydrogens is 278 g/mol. The molecule has 0 atom stereocenters. The second-order valence-corrected chi connectivity index (χ2v) is 5.13. The van der Waals surface area contributed by atoms with Crippen molar-refractivity contribution in [2.75, 3.05) is 0 Å². The Morgan fingerprint density at radius 3 is 2.68 bits per heavy atom. The van der Waals surface area contributed by atoms with E-state index in [4.69, 9.17) is 0 Å². The van der Waals surface area contributed by atoms with E-state index in [0.717, 1.165) is 16.6 Å². The van der Waals surface area contributed by atoms with Crippen LogP contribution in [0.3, 0.4) is 0 Å². The normalized spacial score (nSPS) is 11.4. The number of benzene rings is 2. The van der Waals surface area contributed by atoms with Gasteiger partial charge in [0.1, 0.15) is 5.75 Å². The van der Waals surface area contributed by atoms with Gasteiger partial charge in [0.25, 0.3) is 0 Å². The number of carbonyl (C=O) groups excluding carboxylic acids is 1. The van der Waals surface area contributed by atoms with Gasteiger partial charge in [0.05, 0.1) is 16.6 Å². The predicted octanol–water partition coefficient (Wildman–Crippen LogP) is 3.15. The lowest BCUT2D eigenvalue weighted by Gasteiger charge is -2.04. The lowest BCUT2D eigenvalue weighted by atomic mass is 10.1. The first-order valence-electron chi connectivity index (χ1n) is 6.84. The molecule has 22 heavy (non-hydrogen) atoms. The molecule has 0 aliphatic carbocycles. The van der Waals surface area contributed by atoms with Crippen LogP contribution in [-0.2, 0) is 7.05 Å². The van der Waals surface area contributed by atoms with Crippen LogP contribution < -0.4 is 0 Å². The zero-order valence-electron chi connectivity index (χ0n) is 12.3. The molecule has 0 aliphatic rings. The van der Waals surface area contributed by atoms with Gasteiger partial charge in [0, 0.05) is 18.8 Å². The lowest BCUT2D eigenvalue weighted by molar-refractivity contribution is 0.112. The summed E-state index contributed by atoms with van der Waals surface area (Å²) in [4.78, 5) is 19.7. The number of hydrogen-bond donors (Lipinski definition) is 1. The van der Waals surface area contributed by atoms with Gasteiger partial charge in [-0.25, -0.2) is 9.98 Å². The smallest absolute Gasteiger partial charge is 0.230 e. The van der Waals surface area contributed by atoms with Crippen molar-refractivity contribution in [1.82, 2.24) is 9.55 Å². The molecule has 0 unspecified atom stereocenters. The maximum atomic E-state index is 11.0. The molecule has 0 bridgehead atoms. The molecule has 5 heteroatoms. The number of imidazole rings is 1. The number of aliphatic imine (C=N–C) groups is 1. The highest BCUT2D eigenvalue weighted by molar-refractivity contribution is 5.91. The Hall–Kier alpha value is -2.95. The van der Waals surface area contributed by atoms with E-state index in [0.29, 0.717) is 17.8 Å². The molecule has 0 aliphatic heterocycles. The van der Waals surface area contributed by atoms with E-state index in [2.05, 4.69) is 9.98 Å². The third-order valence-electron chi connectivity index (χ3n) is 3.52. The molecule has 1 aromatic heterocycles. The fourth-order valence-electron chi connectivity index (χ4n) is 2.40. The molecule has 2 aromatic carbocycles. The quantitative estimate of drug-likeness (QED) is 0.596. The number of phenols is 1. The summed E-state index contributed by atoms with van der Waals surface area (Å²) in [7, 11) is 1.88. The summed E-state index contributed by atoms with van der Waals surface area (Å²) in [6, 6.07) is 11.2. The Morgan fingerprint density at radius 2 is 1.95 bits per heavy atom. The second kappa shape index (κ2) is 5.44. The van der Waals surface area contributed by atoms with Gasteiger partial charge in [-0.1, -0.05) is 12.1 Å². The molecule has 0 saturated heterocycles. The number of rotatable bonds is 3. The highest BCUT2D eigenvalue weighted by Crippen LogP contribution is 2.24. The molecular formula is C17H15N3O2. The van der Waals surface area contributed by atoms with E-state index in [1.165, 1.54) is 6.21 Å².